The van der Waals surface area contributed by atoms with Gasteiger partial charge in [-0.05, 0) is 36.8 Å². The van der Waals surface area contributed by atoms with Crippen molar-refractivity contribution in [3.8, 4) is 0 Å². The van der Waals surface area contributed by atoms with Crippen molar-refractivity contribution < 1.29 is 23.9 Å². The fraction of sp³-hybridized carbons (Fsp3) is 0.138. The van der Waals surface area contributed by atoms with E-state index >= 15 is 0 Å². The number of carbonyl (C=O) groups excluding carboxylic acids is 4. The van der Waals surface area contributed by atoms with Crippen molar-refractivity contribution in [1.82, 2.24) is 9.88 Å². The number of para-hydroxylation sites is 1. The molecule has 8 nitrogen and oxygen atoms in total. The molecule has 0 spiro atoms. The second-order valence-electron chi connectivity index (χ2n) is 8.78. The van der Waals surface area contributed by atoms with Crippen LogP contribution in [0.5, 0.6) is 0 Å². The standard InChI is InChI=1S/C29H23N3O5/c1-17-12-14-20(15-13-17)26(37-18(2)33)25(32-28(35)21-9-3-4-10-22(21)29(32)36)27(34)31-23-11-5-7-19-8-6-16-30-24(19)23/h3-16,25-26H,1-2H3,(H,31,34)/t25-,26-/m0/s1. The van der Waals surface area contributed by atoms with Crippen molar-refractivity contribution in [2.45, 2.75) is 26.0 Å². The predicted molar refractivity (Wildman–Crippen MR) is 137 cm³/mol. The molecule has 5 rings (SSSR count). The number of fused-ring (bicyclic) bond motifs is 2. The first-order valence-corrected chi connectivity index (χ1v) is 11.7. The van der Waals surface area contributed by atoms with Gasteiger partial charge >= 0.3 is 5.97 Å². The van der Waals surface area contributed by atoms with Gasteiger partial charge in [0.25, 0.3) is 17.7 Å². The fourth-order valence-electron chi connectivity index (χ4n) is 4.51. The van der Waals surface area contributed by atoms with Crippen molar-refractivity contribution >= 4 is 40.3 Å². The van der Waals surface area contributed by atoms with Crippen LogP contribution in [0.3, 0.4) is 0 Å². The van der Waals surface area contributed by atoms with Gasteiger partial charge in [-0.25, -0.2) is 0 Å². The van der Waals surface area contributed by atoms with Crippen molar-refractivity contribution in [3.05, 3.63) is 107 Å². The summed E-state index contributed by atoms with van der Waals surface area (Å²) in [5.41, 5.74) is 2.72. The number of hydrogen-bond donors (Lipinski definition) is 1. The molecule has 3 amide bonds. The number of amides is 3. The van der Waals surface area contributed by atoms with Gasteiger partial charge < -0.3 is 10.1 Å². The first kappa shape index (κ1) is 23.9. The van der Waals surface area contributed by atoms with Gasteiger partial charge in [0.05, 0.1) is 22.3 Å². The summed E-state index contributed by atoms with van der Waals surface area (Å²) in [7, 11) is 0. The number of pyridine rings is 1. The van der Waals surface area contributed by atoms with Crippen LogP contribution >= 0.6 is 0 Å². The van der Waals surface area contributed by atoms with Gasteiger partial charge in [0.15, 0.2) is 12.1 Å². The zero-order valence-corrected chi connectivity index (χ0v) is 20.2. The molecule has 0 unspecified atom stereocenters. The number of aromatic nitrogens is 1. The van der Waals surface area contributed by atoms with E-state index in [1.807, 2.05) is 19.1 Å². The lowest BCUT2D eigenvalue weighted by Crippen LogP contribution is -2.51. The van der Waals surface area contributed by atoms with E-state index in [4.69, 9.17) is 4.74 Å². The molecule has 8 heteroatoms. The normalized spacial score (nSPS) is 14.3. The van der Waals surface area contributed by atoms with E-state index < -0.39 is 35.8 Å². The number of benzene rings is 3. The van der Waals surface area contributed by atoms with E-state index in [0.717, 1.165) is 15.8 Å². The molecule has 184 valence electrons. The maximum Gasteiger partial charge on any atom is 0.303 e. The number of esters is 1. The Bertz CT molecular complexity index is 1510. The Morgan fingerprint density at radius 1 is 0.865 bits per heavy atom. The summed E-state index contributed by atoms with van der Waals surface area (Å²) in [6, 6.07) is 20.8. The maximum atomic E-state index is 14.0. The summed E-state index contributed by atoms with van der Waals surface area (Å²) < 4.78 is 5.63. The molecule has 0 saturated heterocycles. The second-order valence-corrected chi connectivity index (χ2v) is 8.78. The highest BCUT2D eigenvalue weighted by Gasteiger charge is 2.48. The van der Waals surface area contributed by atoms with Gasteiger partial charge in [0.2, 0.25) is 0 Å². The molecule has 1 aliphatic rings. The van der Waals surface area contributed by atoms with E-state index in [9.17, 15) is 19.2 Å². The molecule has 37 heavy (non-hydrogen) atoms. The largest absolute Gasteiger partial charge is 0.455 e. The molecule has 0 bridgehead atoms. The van der Waals surface area contributed by atoms with E-state index in [-0.39, 0.29) is 11.1 Å². The summed E-state index contributed by atoms with van der Waals surface area (Å²) in [4.78, 5) is 58.4. The minimum absolute atomic E-state index is 0.183. The number of hydrogen-bond acceptors (Lipinski definition) is 6. The molecule has 2 heterocycles. The molecule has 3 aromatic carbocycles. The Labute approximate surface area is 212 Å². The number of nitrogens with zero attached hydrogens (tertiary/aromatic N) is 2. The van der Waals surface area contributed by atoms with Gasteiger partial charge in [0, 0.05) is 18.5 Å². The SMILES string of the molecule is CC(=O)O[C@@H](c1ccc(C)cc1)[C@@H](C(=O)Nc1cccc2cccnc12)N1C(=O)c2ccccc2C1=O. The number of imide groups is 1. The fourth-order valence-corrected chi connectivity index (χ4v) is 4.51. The van der Waals surface area contributed by atoms with E-state index in [1.165, 1.54) is 19.1 Å². The highest BCUT2D eigenvalue weighted by Crippen LogP contribution is 2.34. The van der Waals surface area contributed by atoms with Crippen molar-refractivity contribution in [3.63, 3.8) is 0 Å². The lowest BCUT2D eigenvalue weighted by atomic mass is 9.98. The lowest BCUT2D eigenvalue weighted by molar-refractivity contribution is -0.151. The molecule has 0 saturated carbocycles. The molecule has 2 atom stereocenters. The lowest BCUT2D eigenvalue weighted by Gasteiger charge is -2.32. The highest BCUT2D eigenvalue weighted by molar-refractivity contribution is 6.23. The molecule has 1 N–H and O–H groups in total. The molecular weight excluding hydrogens is 470 g/mol. The van der Waals surface area contributed by atoms with Gasteiger partial charge in [-0.3, -0.25) is 29.1 Å². The molecule has 0 aliphatic carbocycles. The van der Waals surface area contributed by atoms with Crippen LogP contribution in [0.25, 0.3) is 10.9 Å². The Balaban J connectivity index is 1.63. The van der Waals surface area contributed by atoms with Gasteiger partial charge in [0.1, 0.15) is 0 Å². The van der Waals surface area contributed by atoms with Gasteiger partial charge in [-0.1, -0.05) is 60.2 Å². The van der Waals surface area contributed by atoms with Crippen molar-refractivity contribution in [2.75, 3.05) is 5.32 Å². The van der Waals surface area contributed by atoms with Crippen LogP contribution in [-0.4, -0.2) is 39.6 Å². The monoisotopic (exact) mass is 493 g/mol. The summed E-state index contributed by atoms with van der Waals surface area (Å²) in [5.74, 6) is -2.63. The van der Waals surface area contributed by atoms with E-state index in [0.29, 0.717) is 16.8 Å². The second kappa shape index (κ2) is 9.66. The Morgan fingerprint density at radius 3 is 2.16 bits per heavy atom. The first-order chi connectivity index (χ1) is 17.8. The zero-order chi connectivity index (χ0) is 26.1. The maximum absolute atomic E-state index is 14.0. The van der Waals surface area contributed by atoms with Crippen LogP contribution in [0.2, 0.25) is 0 Å². The quantitative estimate of drug-likeness (QED) is 0.314. The predicted octanol–water partition coefficient (Wildman–Crippen LogP) is 4.45. The van der Waals surface area contributed by atoms with Crippen LogP contribution in [-0.2, 0) is 14.3 Å². The smallest absolute Gasteiger partial charge is 0.303 e. The average molecular weight is 494 g/mol. The number of anilines is 1. The third kappa shape index (κ3) is 4.45. The van der Waals surface area contributed by atoms with E-state index in [2.05, 4.69) is 10.3 Å². The van der Waals surface area contributed by atoms with Crippen molar-refractivity contribution in [2.24, 2.45) is 0 Å². The topological polar surface area (TPSA) is 106 Å². The minimum Gasteiger partial charge on any atom is -0.455 e. The third-order valence-corrected chi connectivity index (χ3v) is 6.25. The van der Waals surface area contributed by atoms with Gasteiger partial charge in [-0.2, -0.15) is 0 Å². The summed E-state index contributed by atoms with van der Waals surface area (Å²) in [5, 5.41) is 3.62. The number of carbonyl (C=O) groups is 4. The number of aryl methyl sites for hydroxylation is 1. The van der Waals surface area contributed by atoms with Crippen LogP contribution in [0, 0.1) is 6.92 Å². The molecular formula is C29H23N3O5. The van der Waals surface area contributed by atoms with Gasteiger partial charge in [-0.15, -0.1) is 0 Å². The number of rotatable bonds is 6. The number of nitrogens with one attached hydrogen (secondary N) is 1. The summed E-state index contributed by atoms with van der Waals surface area (Å²) in [6.07, 6.45) is 0.358. The third-order valence-electron chi connectivity index (χ3n) is 6.25. The molecule has 1 aliphatic heterocycles. The Morgan fingerprint density at radius 2 is 1.51 bits per heavy atom. The Kier molecular flexibility index (Phi) is 6.23. The van der Waals surface area contributed by atoms with Crippen LogP contribution in [0.1, 0.15) is 44.9 Å². The minimum atomic E-state index is -1.49. The van der Waals surface area contributed by atoms with E-state index in [1.54, 1.807) is 60.8 Å². The molecule has 4 aromatic rings. The molecule has 0 fully saturated rings. The number of ether oxygens (including phenoxy) is 1. The molecule has 0 radical (unpaired) electrons. The van der Waals surface area contributed by atoms with Crippen molar-refractivity contribution in [1.29, 1.82) is 0 Å². The molecule has 1 aromatic heterocycles. The highest BCUT2D eigenvalue weighted by atomic mass is 16.5. The zero-order valence-electron chi connectivity index (χ0n) is 20.2. The average Bonchev–Trinajstić information content (AvgIpc) is 3.14. The summed E-state index contributed by atoms with van der Waals surface area (Å²) in [6.45, 7) is 3.11. The Hall–Kier alpha value is -4.85. The first-order valence-electron chi connectivity index (χ1n) is 11.7. The summed E-state index contributed by atoms with van der Waals surface area (Å²) >= 11 is 0. The van der Waals surface area contributed by atoms with Crippen LogP contribution in [0.4, 0.5) is 5.69 Å². The van der Waals surface area contributed by atoms with Crippen LogP contribution < -0.4 is 5.32 Å². The van der Waals surface area contributed by atoms with Crippen LogP contribution in [0.15, 0.2) is 85.1 Å².